The molecular weight excluding hydrogens is 244 g/mol. The SMILES string of the molecule is CSc1nnc2c3ccc(C)c(C)c3n(C)c2n1. The second-order valence-corrected chi connectivity index (χ2v) is 5.21. The molecule has 0 aliphatic rings. The number of thioether (sulfide) groups is 1. The van der Waals surface area contributed by atoms with E-state index in [0.717, 1.165) is 16.6 Å². The summed E-state index contributed by atoms with van der Waals surface area (Å²) in [6, 6.07) is 4.23. The number of aryl methyl sites for hydroxylation is 3. The van der Waals surface area contributed by atoms with Gasteiger partial charge in [-0.3, -0.25) is 0 Å². The fourth-order valence-electron chi connectivity index (χ4n) is 2.33. The molecule has 0 spiro atoms. The van der Waals surface area contributed by atoms with Crippen LogP contribution in [0.5, 0.6) is 0 Å². The highest BCUT2D eigenvalue weighted by molar-refractivity contribution is 7.98. The van der Waals surface area contributed by atoms with Crippen LogP contribution in [0.2, 0.25) is 0 Å². The van der Waals surface area contributed by atoms with Crippen LogP contribution in [0, 0.1) is 13.8 Å². The molecule has 92 valence electrons. The number of nitrogens with zero attached hydrogens (tertiary/aromatic N) is 4. The Morgan fingerprint density at radius 2 is 1.94 bits per heavy atom. The molecule has 2 aromatic heterocycles. The lowest BCUT2D eigenvalue weighted by Gasteiger charge is -2.04. The zero-order valence-electron chi connectivity index (χ0n) is 10.9. The zero-order valence-corrected chi connectivity index (χ0v) is 11.7. The zero-order chi connectivity index (χ0) is 12.9. The van der Waals surface area contributed by atoms with Gasteiger partial charge in [0.15, 0.2) is 5.65 Å². The first-order valence-corrected chi connectivity index (χ1v) is 6.99. The second kappa shape index (κ2) is 3.95. The molecule has 0 bridgehead atoms. The minimum atomic E-state index is 0.711. The maximum Gasteiger partial charge on any atom is 0.210 e. The highest BCUT2D eigenvalue weighted by atomic mass is 32.2. The summed E-state index contributed by atoms with van der Waals surface area (Å²) >= 11 is 1.51. The van der Waals surface area contributed by atoms with E-state index in [1.807, 2.05) is 13.3 Å². The van der Waals surface area contributed by atoms with Gasteiger partial charge in [0.25, 0.3) is 0 Å². The first kappa shape index (κ1) is 11.5. The van der Waals surface area contributed by atoms with E-state index in [9.17, 15) is 0 Å². The van der Waals surface area contributed by atoms with Gasteiger partial charge in [-0.25, -0.2) is 4.98 Å². The Hall–Kier alpha value is -1.62. The van der Waals surface area contributed by atoms with Crippen LogP contribution >= 0.6 is 11.8 Å². The molecule has 0 aliphatic carbocycles. The number of hydrogen-bond donors (Lipinski definition) is 0. The van der Waals surface area contributed by atoms with E-state index in [4.69, 9.17) is 0 Å². The predicted molar refractivity (Wildman–Crippen MR) is 75.1 cm³/mol. The quantitative estimate of drug-likeness (QED) is 0.629. The first-order chi connectivity index (χ1) is 8.63. The molecule has 1 aromatic carbocycles. The molecule has 0 unspecified atom stereocenters. The lowest BCUT2D eigenvalue weighted by molar-refractivity contribution is 0.856. The summed E-state index contributed by atoms with van der Waals surface area (Å²) in [5.74, 6) is 0. The summed E-state index contributed by atoms with van der Waals surface area (Å²) in [7, 11) is 2.04. The van der Waals surface area contributed by atoms with Gasteiger partial charge in [-0.1, -0.05) is 23.9 Å². The van der Waals surface area contributed by atoms with E-state index in [-0.39, 0.29) is 0 Å². The highest BCUT2D eigenvalue weighted by Gasteiger charge is 2.14. The van der Waals surface area contributed by atoms with Crippen LogP contribution in [0.3, 0.4) is 0 Å². The van der Waals surface area contributed by atoms with Crippen LogP contribution in [0.15, 0.2) is 17.3 Å². The maximum atomic E-state index is 4.55. The van der Waals surface area contributed by atoms with Gasteiger partial charge in [-0.2, -0.15) is 0 Å². The smallest absolute Gasteiger partial charge is 0.210 e. The average molecular weight is 258 g/mol. The molecule has 18 heavy (non-hydrogen) atoms. The van der Waals surface area contributed by atoms with Crippen molar-refractivity contribution in [1.29, 1.82) is 0 Å². The van der Waals surface area contributed by atoms with Crippen molar-refractivity contribution in [3.05, 3.63) is 23.3 Å². The van der Waals surface area contributed by atoms with Crippen molar-refractivity contribution in [3.8, 4) is 0 Å². The molecule has 2 heterocycles. The molecule has 0 saturated carbocycles. The third-order valence-electron chi connectivity index (χ3n) is 3.44. The van der Waals surface area contributed by atoms with Crippen LogP contribution < -0.4 is 0 Å². The summed E-state index contributed by atoms with van der Waals surface area (Å²) in [5, 5.41) is 10.3. The van der Waals surface area contributed by atoms with Crippen molar-refractivity contribution >= 4 is 33.8 Å². The summed E-state index contributed by atoms with van der Waals surface area (Å²) in [5.41, 5.74) is 5.54. The van der Waals surface area contributed by atoms with Crippen molar-refractivity contribution in [3.63, 3.8) is 0 Å². The first-order valence-electron chi connectivity index (χ1n) is 5.76. The topological polar surface area (TPSA) is 43.6 Å². The van der Waals surface area contributed by atoms with E-state index in [2.05, 4.69) is 45.7 Å². The Balaban J connectivity index is 2.53. The largest absolute Gasteiger partial charge is 0.327 e. The fourth-order valence-corrected chi connectivity index (χ4v) is 2.63. The number of aromatic nitrogens is 4. The van der Waals surface area contributed by atoms with E-state index < -0.39 is 0 Å². The molecule has 3 aromatic rings. The van der Waals surface area contributed by atoms with Crippen molar-refractivity contribution in [2.75, 3.05) is 6.26 Å². The summed E-state index contributed by atoms with van der Waals surface area (Å²) in [4.78, 5) is 4.55. The number of rotatable bonds is 1. The molecule has 0 saturated heterocycles. The average Bonchev–Trinajstić information content (AvgIpc) is 2.67. The van der Waals surface area contributed by atoms with Gasteiger partial charge in [0.2, 0.25) is 5.16 Å². The molecular formula is C13H14N4S. The van der Waals surface area contributed by atoms with Crippen molar-refractivity contribution in [1.82, 2.24) is 19.7 Å². The van der Waals surface area contributed by atoms with Gasteiger partial charge >= 0.3 is 0 Å². The minimum absolute atomic E-state index is 0.711. The summed E-state index contributed by atoms with van der Waals surface area (Å²) in [6.07, 6.45) is 1.96. The lowest BCUT2D eigenvalue weighted by atomic mass is 10.1. The molecule has 3 rings (SSSR count). The molecule has 0 atom stereocenters. The molecule has 0 amide bonds. The monoisotopic (exact) mass is 258 g/mol. The normalized spacial score (nSPS) is 11.6. The Bertz CT molecular complexity index is 761. The van der Waals surface area contributed by atoms with Crippen molar-refractivity contribution < 1.29 is 0 Å². The Morgan fingerprint density at radius 1 is 1.17 bits per heavy atom. The van der Waals surface area contributed by atoms with E-state index >= 15 is 0 Å². The van der Waals surface area contributed by atoms with E-state index in [1.165, 1.54) is 28.4 Å². The molecule has 0 aliphatic heterocycles. The maximum absolute atomic E-state index is 4.55. The van der Waals surface area contributed by atoms with Gasteiger partial charge in [0.05, 0.1) is 5.52 Å². The Kier molecular flexibility index (Phi) is 2.52. The van der Waals surface area contributed by atoms with E-state index in [1.54, 1.807) is 0 Å². The van der Waals surface area contributed by atoms with Crippen molar-refractivity contribution in [2.24, 2.45) is 7.05 Å². The predicted octanol–water partition coefficient (Wildman–Crippen LogP) is 2.86. The van der Waals surface area contributed by atoms with Crippen LogP contribution in [0.25, 0.3) is 22.1 Å². The van der Waals surface area contributed by atoms with Crippen LogP contribution in [-0.4, -0.2) is 26.0 Å². The van der Waals surface area contributed by atoms with Gasteiger partial charge in [-0.15, -0.1) is 10.2 Å². The molecule has 0 fully saturated rings. The van der Waals surface area contributed by atoms with Crippen LogP contribution in [-0.2, 0) is 7.05 Å². The van der Waals surface area contributed by atoms with E-state index in [0.29, 0.717) is 5.16 Å². The van der Waals surface area contributed by atoms with Gasteiger partial charge in [-0.05, 0) is 31.2 Å². The standard InChI is InChI=1S/C13H14N4S/c1-7-5-6-9-10-12(14-13(18-4)16-15-10)17(3)11(9)8(7)2/h5-6H,1-4H3. The third-order valence-corrected chi connectivity index (χ3v) is 3.98. The molecule has 0 N–H and O–H groups in total. The third kappa shape index (κ3) is 1.43. The minimum Gasteiger partial charge on any atom is -0.327 e. The fraction of sp³-hybridized carbons (Fsp3) is 0.308. The lowest BCUT2D eigenvalue weighted by Crippen LogP contribution is -1.95. The molecule has 4 nitrogen and oxygen atoms in total. The summed E-state index contributed by atoms with van der Waals surface area (Å²) in [6.45, 7) is 4.26. The van der Waals surface area contributed by atoms with Gasteiger partial charge < -0.3 is 4.57 Å². The van der Waals surface area contributed by atoms with Gasteiger partial charge in [0.1, 0.15) is 5.52 Å². The molecule has 0 radical (unpaired) electrons. The molecule has 5 heteroatoms. The number of hydrogen-bond acceptors (Lipinski definition) is 4. The van der Waals surface area contributed by atoms with Crippen LogP contribution in [0.1, 0.15) is 11.1 Å². The van der Waals surface area contributed by atoms with Crippen molar-refractivity contribution in [2.45, 2.75) is 19.0 Å². The number of benzene rings is 1. The van der Waals surface area contributed by atoms with Gasteiger partial charge in [0, 0.05) is 12.4 Å². The van der Waals surface area contributed by atoms with Crippen LogP contribution in [0.4, 0.5) is 0 Å². The second-order valence-electron chi connectivity index (χ2n) is 4.43. The highest BCUT2D eigenvalue weighted by Crippen LogP contribution is 2.29. The summed E-state index contributed by atoms with van der Waals surface area (Å²) < 4.78 is 2.11. The Morgan fingerprint density at radius 3 is 2.67 bits per heavy atom. The number of fused-ring (bicyclic) bond motifs is 3. The Labute approximate surface area is 109 Å².